The van der Waals surface area contributed by atoms with Gasteiger partial charge in [-0.2, -0.15) is 0 Å². The molecule has 2 aliphatic rings. The molecule has 4 amide bonds. The van der Waals surface area contributed by atoms with Crippen molar-refractivity contribution in [2.45, 2.75) is 63.7 Å². The molecule has 3 aromatic heterocycles. The molecule has 52 heavy (non-hydrogen) atoms. The number of carbonyl (C=O) groups is 4. The number of aryl methyl sites for hydroxylation is 1. The summed E-state index contributed by atoms with van der Waals surface area (Å²) >= 11 is 0. The Morgan fingerprint density at radius 2 is 1.15 bits per heavy atom. The number of hydrogen-bond acceptors (Lipinski definition) is 8. The average Bonchev–Trinajstić information content (AvgIpc) is 4.00. The van der Waals surface area contributed by atoms with Gasteiger partial charge >= 0.3 is 12.2 Å². The largest absolute Gasteiger partial charge is 0.453 e. The van der Waals surface area contributed by atoms with Crippen LogP contribution in [0.5, 0.6) is 0 Å². The Balaban J connectivity index is 1.11. The molecule has 4 atom stereocenters. The number of nitrogens with zero attached hydrogens (tertiary/aromatic N) is 5. The first kappa shape index (κ1) is 34.6. The Bertz CT molecular complexity index is 2020. The second-order valence-electron chi connectivity index (χ2n) is 13.5. The Hall–Kier alpha value is -5.86. The molecular weight excluding hydrogens is 666 g/mol. The number of nitrogens with one attached hydrogen (secondary N) is 4. The number of rotatable bonds is 8. The maximum Gasteiger partial charge on any atom is 0.407 e. The normalized spacial score (nSPS) is 18.5. The van der Waals surface area contributed by atoms with Gasteiger partial charge in [0.05, 0.1) is 50.1 Å². The van der Waals surface area contributed by atoms with Crippen LogP contribution in [0.2, 0.25) is 0 Å². The standard InChI is InChI=1S/C37H43N9O6/c1-20(40-36(49)51-4)34(47)45-14-6-8-28(45)32-38-18-26(42-32)22-10-12-24-25-13-11-23(17-31(25)44(3)30(24)16-22)27-19-39-33(43-27)29-9-7-15-46(29)35(48)21(2)41-37(50)52-5/h10-13,16-21,28-29H,6-9,14-15H2,1-5H3,(H,38,42)(H,39,43)(H,40,49)(H,41,50)/t20-,21-,28-,29-/m0/s1. The second-order valence-corrected chi connectivity index (χ2v) is 13.5. The highest BCUT2D eigenvalue weighted by Gasteiger charge is 2.36. The lowest BCUT2D eigenvalue weighted by Gasteiger charge is -2.26. The molecule has 4 N–H and O–H groups in total. The minimum atomic E-state index is -0.715. The highest BCUT2D eigenvalue weighted by Crippen LogP contribution is 2.37. The lowest BCUT2D eigenvalue weighted by molar-refractivity contribution is -0.134. The monoisotopic (exact) mass is 709 g/mol. The quantitative estimate of drug-likeness (QED) is 0.175. The van der Waals surface area contributed by atoms with Crippen molar-refractivity contribution < 1.29 is 28.7 Å². The number of imidazole rings is 2. The van der Waals surface area contributed by atoms with Crippen LogP contribution in [0.4, 0.5) is 9.59 Å². The van der Waals surface area contributed by atoms with Gasteiger partial charge in [-0.25, -0.2) is 19.6 Å². The van der Waals surface area contributed by atoms with Crippen molar-refractivity contribution in [3.63, 3.8) is 0 Å². The van der Waals surface area contributed by atoms with Crippen LogP contribution in [-0.4, -0.2) is 97.7 Å². The molecule has 7 rings (SSSR count). The molecule has 2 fully saturated rings. The number of aromatic nitrogens is 5. The molecule has 15 nitrogen and oxygen atoms in total. The van der Waals surface area contributed by atoms with Crippen LogP contribution in [0.1, 0.15) is 63.3 Å². The van der Waals surface area contributed by atoms with Crippen molar-refractivity contribution in [3.05, 3.63) is 60.4 Å². The summed E-state index contributed by atoms with van der Waals surface area (Å²) in [6, 6.07) is 10.8. The Kier molecular flexibility index (Phi) is 9.34. The number of hydrogen-bond donors (Lipinski definition) is 4. The van der Waals surface area contributed by atoms with Gasteiger partial charge in [-0.05, 0) is 51.7 Å². The first-order valence-corrected chi connectivity index (χ1v) is 17.5. The van der Waals surface area contributed by atoms with Crippen molar-refractivity contribution in [2.24, 2.45) is 7.05 Å². The van der Waals surface area contributed by atoms with Gasteiger partial charge in [0.15, 0.2) is 0 Å². The zero-order chi connectivity index (χ0) is 36.7. The van der Waals surface area contributed by atoms with E-state index >= 15 is 0 Å². The van der Waals surface area contributed by atoms with E-state index in [0.717, 1.165) is 70.0 Å². The SMILES string of the molecule is COC(=O)N[C@@H](C)C(=O)N1CCC[C@H]1c1ncc(-c2ccc3c4ccc(-c5cnc([C@@H]6CCCN6C(=O)[C@H](C)NC(=O)OC)[nH]5)cc4n(C)c3c2)[nH]1. The Morgan fingerprint density at radius 3 is 1.56 bits per heavy atom. The van der Waals surface area contributed by atoms with Crippen molar-refractivity contribution >= 4 is 45.8 Å². The zero-order valence-corrected chi connectivity index (χ0v) is 29.9. The van der Waals surface area contributed by atoms with Crippen LogP contribution in [-0.2, 0) is 26.1 Å². The van der Waals surface area contributed by atoms with Crippen LogP contribution in [0, 0.1) is 0 Å². The molecule has 0 bridgehead atoms. The second kappa shape index (κ2) is 14.0. The van der Waals surface area contributed by atoms with Gasteiger partial charge in [-0.15, -0.1) is 0 Å². The smallest absolute Gasteiger partial charge is 0.407 e. The number of aromatic amines is 2. The summed E-state index contributed by atoms with van der Waals surface area (Å²) in [5, 5.41) is 7.37. The van der Waals surface area contributed by atoms with Gasteiger partial charge in [0.1, 0.15) is 23.7 Å². The van der Waals surface area contributed by atoms with E-state index in [1.165, 1.54) is 14.2 Å². The highest BCUT2D eigenvalue weighted by molar-refractivity contribution is 6.09. The van der Waals surface area contributed by atoms with E-state index in [9.17, 15) is 19.2 Å². The van der Waals surface area contributed by atoms with E-state index in [-0.39, 0.29) is 23.9 Å². The first-order valence-electron chi connectivity index (χ1n) is 17.5. The topological polar surface area (TPSA) is 180 Å². The molecule has 2 aliphatic heterocycles. The molecule has 5 aromatic rings. The Morgan fingerprint density at radius 1 is 0.731 bits per heavy atom. The fourth-order valence-corrected chi connectivity index (χ4v) is 7.57. The predicted molar refractivity (Wildman–Crippen MR) is 193 cm³/mol. The number of carbonyl (C=O) groups excluding carboxylic acids is 4. The van der Waals surface area contributed by atoms with Gasteiger partial charge in [-0.3, -0.25) is 9.59 Å². The fraction of sp³-hybridized carbons (Fsp3) is 0.405. The van der Waals surface area contributed by atoms with E-state index in [2.05, 4.69) is 81.0 Å². The number of alkyl carbamates (subject to hydrolysis) is 2. The van der Waals surface area contributed by atoms with Crippen molar-refractivity contribution in [1.82, 2.24) is 44.9 Å². The molecule has 0 radical (unpaired) electrons. The number of amides is 4. The summed E-state index contributed by atoms with van der Waals surface area (Å²) in [6.07, 6.45) is 5.56. The summed E-state index contributed by atoms with van der Waals surface area (Å²) < 4.78 is 11.5. The van der Waals surface area contributed by atoms with Crippen molar-refractivity contribution in [1.29, 1.82) is 0 Å². The van der Waals surface area contributed by atoms with Crippen LogP contribution in [0.15, 0.2) is 48.8 Å². The molecule has 2 aromatic carbocycles. The van der Waals surface area contributed by atoms with Gasteiger partial charge < -0.3 is 44.4 Å². The first-order chi connectivity index (χ1) is 25.1. The van der Waals surface area contributed by atoms with Gasteiger partial charge in [-0.1, -0.05) is 24.3 Å². The lowest BCUT2D eigenvalue weighted by Crippen LogP contribution is -2.46. The third-order valence-electron chi connectivity index (χ3n) is 10.3. The van der Waals surface area contributed by atoms with Crippen molar-refractivity contribution in [2.75, 3.05) is 27.3 Å². The van der Waals surface area contributed by atoms with Crippen molar-refractivity contribution in [3.8, 4) is 22.5 Å². The number of H-pyrrole nitrogens is 2. The van der Waals surface area contributed by atoms with Crippen LogP contribution in [0.25, 0.3) is 44.3 Å². The summed E-state index contributed by atoms with van der Waals surface area (Å²) in [4.78, 5) is 69.5. The summed E-state index contributed by atoms with van der Waals surface area (Å²) in [7, 11) is 4.59. The van der Waals surface area contributed by atoms with Gasteiger partial charge in [0, 0.05) is 53.1 Å². The minimum Gasteiger partial charge on any atom is -0.453 e. The number of fused-ring (bicyclic) bond motifs is 3. The number of likely N-dealkylation sites (tertiary alicyclic amines) is 2. The van der Waals surface area contributed by atoms with Crippen LogP contribution >= 0.6 is 0 Å². The lowest BCUT2D eigenvalue weighted by atomic mass is 10.1. The Labute approximate surface area is 300 Å². The average molecular weight is 710 g/mol. The molecule has 0 unspecified atom stereocenters. The van der Waals surface area contributed by atoms with E-state index in [4.69, 9.17) is 0 Å². The molecule has 272 valence electrons. The number of benzene rings is 2. The predicted octanol–water partition coefficient (Wildman–Crippen LogP) is 4.93. The van der Waals surface area contributed by atoms with Crippen LogP contribution < -0.4 is 10.6 Å². The molecule has 15 heteroatoms. The molecule has 0 spiro atoms. The van der Waals surface area contributed by atoms with E-state index in [1.807, 2.05) is 7.05 Å². The fourth-order valence-electron chi connectivity index (χ4n) is 7.57. The van der Waals surface area contributed by atoms with Crippen LogP contribution in [0.3, 0.4) is 0 Å². The molecule has 5 heterocycles. The maximum absolute atomic E-state index is 13.2. The minimum absolute atomic E-state index is 0.177. The molecule has 0 saturated carbocycles. The maximum atomic E-state index is 13.2. The third-order valence-corrected chi connectivity index (χ3v) is 10.3. The molecule has 2 saturated heterocycles. The molecule has 0 aliphatic carbocycles. The number of ether oxygens (including phenoxy) is 2. The van der Waals surface area contributed by atoms with E-state index in [0.29, 0.717) is 24.7 Å². The summed E-state index contributed by atoms with van der Waals surface area (Å²) in [6.45, 7) is 4.48. The number of methoxy groups -OCH3 is 2. The summed E-state index contributed by atoms with van der Waals surface area (Å²) in [5.74, 6) is 1.07. The molecular formula is C37H43N9O6. The van der Waals surface area contributed by atoms with E-state index < -0.39 is 24.3 Å². The van der Waals surface area contributed by atoms with Gasteiger partial charge in [0.2, 0.25) is 11.8 Å². The highest BCUT2D eigenvalue weighted by atomic mass is 16.5. The zero-order valence-electron chi connectivity index (χ0n) is 29.9. The van der Waals surface area contributed by atoms with E-state index in [1.54, 1.807) is 36.0 Å². The summed E-state index contributed by atoms with van der Waals surface area (Å²) in [5.41, 5.74) is 5.76. The third kappa shape index (κ3) is 6.31. The van der Waals surface area contributed by atoms with Gasteiger partial charge in [0.25, 0.3) is 0 Å².